The van der Waals surface area contributed by atoms with Crippen LogP contribution in [0.4, 0.5) is 10.5 Å². The number of ether oxygens (including phenoxy) is 1. The molecular weight excluding hydrogens is 282 g/mol. The maximum Gasteiger partial charge on any atom is 2.00 e. The summed E-state index contributed by atoms with van der Waals surface area (Å²) in [5.41, 5.74) is -0.0985. The van der Waals surface area contributed by atoms with E-state index in [1.807, 2.05) is 0 Å². The van der Waals surface area contributed by atoms with Gasteiger partial charge in [-0.3, -0.25) is 0 Å². The predicted molar refractivity (Wildman–Crippen MR) is 64.6 cm³/mol. The van der Waals surface area contributed by atoms with E-state index >= 15 is 0 Å². The molecule has 1 N–H and O–H groups in total. The molecule has 0 unspecified atom stereocenters. The van der Waals surface area contributed by atoms with Gasteiger partial charge in [0, 0.05) is 0 Å². The molecule has 2 rings (SSSR count). The van der Waals surface area contributed by atoms with Gasteiger partial charge in [-0.1, -0.05) is 0 Å². The second-order valence-corrected chi connectivity index (χ2v) is 4.18. The first-order valence-corrected chi connectivity index (χ1v) is 5.19. The van der Waals surface area contributed by atoms with Gasteiger partial charge < -0.3 is 75.1 Å². The Bertz CT molecular complexity index is 410. The number of hydrogen-bond donors (Lipinski definition) is 1. The number of anilines is 1. The van der Waals surface area contributed by atoms with Gasteiger partial charge in [0.2, 0.25) is 0 Å². The van der Waals surface area contributed by atoms with Crippen LogP contribution in [0.25, 0.3) is 0 Å². The molecule has 1 amide bonds. The normalized spacial score (nSPS) is 9.63. The standard InChI is InChI=1S/C10H10NO2.C5H.Fe/c1-10(2,3)13-9(12)11-8-6-4-5-7-8;1-2-4-5-3-1;/h1-3H3,(H,11,12);1H;/q2*-5;+2. The van der Waals surface area contributed by atoms with Crippen LogP contribution >= 0.6 is 0 Å². The molecule has 0 aromatic heterocycles. The van der Waals surface area contributed by atoms with E-state index in [0.717, 1.165) is 0 Å². The van der Waals surface area contributed by atoms with Crippen LogP contribution in [-0.2, 0) is 21.8 Å². The second-order valence-electron chi connectivity index (χ2n) is 4.18. The SMILES string of the molecule is CC(C)(C)OC(=O)N[c-]1[c-][c-][c-][c-]1.[Fe+2].[c-]1[c-][c-][cH-][c-]1. The summed E-state index contributed by atoms with van der Waals surface area (Å²) in [5.74, 6) is 0. The minimum absolute atomic E-state index is 0. The third-order valence-corrected chi connectivity index (χ3v) is 1.41. The molecule has 0 fully saturated rings. The van der Waals surface area contributed by atoms with E-state index in [1.54, 1.807) is 26.8 Å². The molecule has 104 valence electrons. The molecule has 0 aliphatic carbocycles. The minimum Gasteiger partial charge on any atom is -0.999 e. The summed E-state index contributed by atoms with van der Waals surface area (Å²) in [6.07, 6.45) is -0.520. The van der Waals surface area contributed by atoms with E-state index in [1.165, 1.54) is 0 Å². The van der Waals surface area contributed by atoms with E-state index in [2.05, 4.69) is 53.8 Å². The maximum absolute atomic E-state index is 11.1. The summed E-state index contributed by atoms with van der Waals surface area (Å²) in [6.45, 7) is 5.38. The fourth-order valence-corrected chi connectivity index (χ4v) is 0.867. The Morgan fingerprint density at radius 3 is 2.00 bits per heavy atom. The van der Waals surface area contributed by atoms with Gasteiger partial charge in [0.05, 0.1) is 5.60 Å². The van der Waals surface area contributed by atoms with Gasteiger partial charge in [-0.15, -0.1) is 0 Å². The minimum atomic E-state index is -0.520. The molecule has 0 radical (unpaired) electrons. The molecule has 3 nitrogen and oxygen atoms in total. The fraction of sp³-hybridized carbons (Fsp3) is 0.267. The van der Waals surface area contributed by atoms with Crippen molar-refractivity contribution >= 4 is 11.8 Å². The van der Waals surface area contributed by atoms with E-state index in [4.69, 9.17) is 4.74 Å². The van der Waals surface area contributed by atoms with Gasteiger partial charge in [-0.2, -0.15) is 0 Å². The van der Waals surface area contributed by atoms with Crippen LogP contribution in [-0.4, -0.2) is 11.7 Å². The summed E-state index contributed by atoms with van der Waals surface area (Å²) in [7, 11) is 0. The Morgan fingerprint density at radius 2 is 1.63 bits per heavy atom. The monoisotopic (exact) mass is 293 g/mol. The van der Waals surface area contributed by atoms with Crippen LogP contribution in [0, 0.1) is 48.5 Å². The van der Waals surface area contributed by atoms with Crippen LogP contribution in [0.15, 0.2) is 6.07 Å². The molecule has 0 spiro atoms. The van der Waals surface area contributed by atoms with E-state index in [9.17, 15) is 4.79 Å². The topological polar surface area (TPSA) is 38.3 Å². The molecule has 2 aromatic rings. The van der Waals surface area contributed by atoms with Crippen molar-refractivity contribution in [1.82, 2.24) is 0 Å². The van der Waals surface area contributed by atoms with Crippen LogP contribution in [0.3, 0.4) is 0 Å². The van der Waals surface area contributed by atoms with Gasteiger partial charge in [0.1, 0.15) is 0 Å². The Labute approximate surface area is 125 Å². The van der Waals surface area contributed by atoms with E-state index in [-0.39, 0.29) is 17.1 Å². The average Bonchev–Trinajstić information content (AvgIpc) is 2.88. The molecule has 0 aliphatic rings. The van der Waals surface area contributed by atoms with Crippen molar-refractivity contribution in [3.05, 3.63) is 54.6 Å². The van der Waals surface area contributed by atoms with Crippen molar-refractivity contribution < 1.29 is 26.6 Å². The number of nitrogens with one attached hydrogen (secondary N) is 1. The van der Waals surface area contributed by atoms with Crippen LogP contribution < -0.4 is 5.32 Å². The number of carbonyl (C=O) groups is 1. The van der Waals surface area contributed by atoms with E-state index in [0.29, 0.717) is 5.69 Å². The zero-order valence-electron chi connectivity index (χ0n) is 10.7. The van der Waals surface area contributed by atoms with Gasteiger partial charge in [0.25, 0.3) is 0 Å². The van der Waals surface area contributed by atoms with E-state index < -0.39 is 11.7 Å². The smallest absolute Gasteiger partial charge is 0.999 e. The molecule has 0 saturated heterocycles. The summed E-state index contributed by atoms with van der Waals surface area (Å²) in [4.78, 5) is 11.1. The summed E-state index contributed by atoms with van der Waals surface area (Å²) in [6, 6.07) is 22.3. The van der Waals surface area contributed by atoms with Crippen molar-refractivity contribution in [2.24, 2.45) is 0 Å². The van der Waals surface area contributed by atoms with Crippen molar-refractivity contribution in [1.29, 1.82) is 0 Å². The molecule has 0 heterocycles. The Kier molecular flexibility index (Phi) is 7.89. The first kappa shape index (κ1) is 17.5. The maximum atomic E-state index is 11.1. The largest absolute Gasteiger partial charge is 2.00 e. The first-order chi connectivity index (χ1) is 8.47. The Hall–Kier alpha value is -1.51. The molecular formula is C15H11FeNO2-8. The van der Waals surface area contributed by atoms with Gasteiger partial charge in [0.15, 0.2) is 6.09 Å². The van der Waals surface area contributed by atoms with Gasteiger partial charge >= 0.3 is 17.1 Å². The third kappa shape index (κ3) is 9.11. The average molecular weight is 293 g/mol. The zero-order chi connectivity index (χ0) is 13.4. The fourth-order valence-electron chi connectivity index (χ4n) is 0.867. The summed E-state index contributed by atoms with van der Waals surface area (Å²) < 4.78 is 4.99. The van der Waals surface area contributed by atoms with Crippen molar-refractivity contribution in [2.45, 2.75) is 26.4 Å². The first-order valence-electron chi connectivity index (χ1n) is 5.19. The zero-order valence-corrected chi connectivity index (χ0v) is 11.9. The molecule has 0 atom stereocenters. The third-order valence-electron chi connectivity index (χ3n) is 1.41. The number of carbonyl (C=O) groups excluding carboxylic acids is 1. The van der Waals surface area contributed by atoms with Crippen LogP contribution in [0.5, 0.6) is 0 Å². The Balaban J connectivity index is 0.000000454. The number of amides is 1. The predicted octanol–water partition coefficient (Wildman–Crippen LogP) is 2.56. The van der Waals surface area contributed by atoms with Crippen LogP contribution in [0.1, 0.15) is 20.8 Å². The number of rotatable bonds is 1. The summed E-state index contributed by atoms with van der Waals surface area (Å²) >= 11 is 0. The molecule has 0 saturated carbocycles. The molecule has 0 bridgehead atoms. The molecule has 0 aliphatic heterocycles. The second kappa shape index (κ2) is 8.57. The Morgan fingerprint density at radius 1 is 1.11 bits per heavy atom. The van der Waals surface area contributed by atoms with Crippen molar-refractivity contribution in [2.75, 3.05) is 5.32 Å². The van der Waals surface area contributed by atoms with Crippen molar-refractivity contribution in [3.8, 4) is 0 Å². The quantitative estimate of drug-likeness (QED) is 0.648. The van der Waals surface area contributed by atoms with Gasteiger partial charge in [-0.25, -0.2) is 0 Å². The number of hydrogen-bond acceptors (Lipinski definition) is 2. The molecule has 2 aromatic carbocycles. The van der Waals surface area contributed by atoms with Crippen molar-refractivity contribution in [3.63, 3.8) is 0 Å². The molecule has 19 heavy (non-hydrogen) atoms. The summed E-state index contributed by atoms with van der Waals surface area (Å²) in [5, 5.41) is 2.44. The van der Waals surface area contributed by atoms with Crippen LogP contribution in [0.2, 0.25) is 0 Å². The molecule has 4 heteroatoms. The van der Waals surface area contributed by atoms with Gasteiger partial charge in [-0.05, 0) is 20.8 Å².